The Balaban J connectivity index is 1.88. The van der Waals surface area contributed by atoms with E-state index in [1.54, 1.807) is 11.8 Å². The van der Waals surface area contributed by atoms with E-state index in [0.717, 1.165) is 12.1 Å². The summed E-state index contributed by atoms with van der Waals surface area (Å²) >= 11 is 5.85. The highest BCUT2D eigenvalue weighted by atomic mass is 35.5. The molecule has 3 amide bonds. The van der Waals surface area contributed by atoms with Gasteiger partial charge < -0.3 is 15.1 Å². The van der Waals surface area contributed by atoms with Crippen molar-refractivity contribution in [1.82, 2.24) is 15.1 Å². The van der Waals surface area contributed by atoms with E-state index in [0.29, 0.717) is 11.4 Å². The van der Waals surface area contributed by atoms with E-state index in [-0.39, 0.29) is 42.5 Å². The maximum absolute atomic E-state index is 13.3. The molecule has 0 radical (unpaired) electrons. The van der Waals surface area contributed by atoms with Crippen molar-refractivity contribution in [2.24, 2.45) is 0 Å². The van der Waals surface area contributed by atoms with E-state index < -0.39 is 32.8 Å². The van der Waals surface area contributed by atoms with Crippen LogP contribution in [0, 0.1) is 5.82 Å². The van der Waals surface area contributed by atoms with Gasteiger partial charge in [-0.25, -0.2) is 12.8 Å². The molecule has 1 aliphatic rings. The van der Waals surface area contributed by atoms with Crippen LogP contribution in [0.25, 0.3) is 0 Å². The maximum atomic E-state index is 13.3. The Morgan fingerprint density at radius 3 is 2.06 bits per heavy atom. The van der Waals surface area contributed by atoms with Crippen LogP contribution in [0.3, 0.4) is 0 Å². The summed E-state index contributed by atoms with van der Waals surface area (Å²) in [6, 6.07) is 9.73. The SMILES string of the molecule is CCC(=O)N1CCN(C(=O)C(NC(=O)c2ccc(F)cc2)S(=O)(=O)c2ccc(Cl)cc2)CC1. The first-order valence-electron chi connectivity index (χ1n) is 10.3. The molecule has 2 aromatic rings. The molecule has 1 unspecified atom stereocenters. The minimum absolute atomic E-state index is 0.00105. The summed E-state index contributed by atoms with van der Waals surface area (Å²) in [4.78, 5) is 40.6. The molecule has 0 aliphatic carbocycles. The van der Waals surface area contributed by atoms with E-state index in [9.17, 15) is 27.2 Å². The number of hydrogen-bond donors (Lipinski definition) is 1. The average Bonchev–Trinajstić information content (AvgIpc) is 2.82. The van der Waals surface area contributed by atoms with Gasteiger partial charge in [-0.2, -0.15) is 0 Å². The summed E-state index contributed by atoms with van der Waals surface area (Å²) in [6.45, 7) is 2.52. The van der Waals surface area contributed by atoms with Gasteiger partial charge >= 0.3 is 0 Å². The summed E-state index contributed by atoms with van der Waals surface area (Å²) in [5.74, 6) is -2.28. The van der Waals surface area contributed by atoms with Gasteiger partial charge in [-0.1, -0.05) is 18.5 Å². The lowest BCUT2D eigenvalue weighted by Gasteiger charge is -2.36. The highest BCUT2D eigenvalue weighted by molar-refractivity contribution is 7.92. The van der Waals surface area contributed by atoms with Crippen LogP contribution < -0.4 is 5.32 Å². The Morgan fingerprint density at radius 1 is 0.970 bits per heavy atom. The normalized spacial score (nSPS) is 15.1. The van der Waals surface area contributed by atoms with Crippen LogP contribution in [0.2, 0.25) is 5.02 Å². The van der Waals surface area contributed by atoms with Crippen LogP contribution in [0.4, 0.5) is 4.39 Å². The Labute approximate surface area is 196 Å². The van der Waals surface area contributed by atoms with Crippen molar-refractivity contribution in [3.05, 3.63) is 64.9 Å². The van der Waals surface area contributed by atoms with Crippen LogP contribution in [-0.4, -0.2) is 67.5 Å². The van der Waals surface area contributed by atoms with Gasteiger partial charge in [-0.05, 0) is 48.5 Å². The van der Waals surface area contributed by atoms with Gasteiger partial charge in [0.25, 0.3) is 11.8 Å². The van der Waals surface area contributed by atoms with Crippen LogP contribution in [0.5, 0.6) is 0 Å². The monoisotopic (exact) mass is 495 g/mol. The lowest BCUT2D eigenvalue weighted by atomic mass is 10.2. The molecular weight excluding hydrogens is 473 g/mol. The quantitative estimate of drug-likeness (QED) is 0.661. The summed E-state index contributed by atoms with van der Waals surface area (Å²) < 4.78 is 39.9. The molecular formula is C22H23ClFN3O5S. The lowest BCUT2D eigenvalue weighted by Crippen LogP contribution is -2.57. The Kier molecular flexibility index (Phi) is 7.70. The molecule has 33 heavy (non-hydrogen) atoms. The maximum Gasteiger partial charge on any atom is 0.261 e. The van der Waals surface area contributed by atoms with Crippen molar-refractivity contribution in [3.63, 3.8) is 0 Å². The summed E-state index contributed by atoms with van der Waals surface area (Å²) in [7, 11) is -4.35. The van der Waals surface area contributed by atoms with Gasteiger partial charge in [0.1, 0.15) is 5.82 Å². The third kappa shape index (κ3) is 5.69. The number of sulfone groups is 1. The number of halogens is 2. The first-order valence-corrected chi connectivity index (χ1v) is 12.2. The van der Waals surface area contributed by atoms with Gasteiger partial charge in [-0.3, -0.25) is 14.4 Å². The van der Waals surface area contributed by atoms with Crippen molar-refractivity contribution in [2.75, 3.05) is 26.2 Å². The van der Waals surface area contributed by atoms with Crippen molar-refractivity contribution in [3.8, 4) is 0 Å². The third-order valence-corrected chi connectivity index (χ3v) is 7.41. The number of piperazine rings is 1. The average molecular weight is 496 g/mol. The van der Waals surface area contributed by atoms with Crippen molar-refractivity contribution in [2.45, 2.75) is 23.6 Å². The summed E-state index contributed by atoms with van der Waals surface area (Å²) in [5, 5.41) is 0.691. The highest BCUT2D eigenvalue weighted by Crippen LogP contribution is 2.20. The van der Waals surface area contributed by atoms with Gasteiger partial charge in [0.05, 0.1) is 4.90 Å². The molecule has 0 aromatic heterocycles. The molecule has 11 heteroatoms. The van der Waals surface area contributed by atoms with Crippen LogP contribution in [0.15, 0.2) is 53.4 Å². The number of nitrogens with one attached hydrogen (secondary N) is 1. The molecule has 0 spiro atoms. The van der Waals surface area contributed by atoms with E-state index in [1.807, 2.05) is 0 Å². The molecule has 176 valence electrons. The fourth-order valence-corrected chi connectivity index (χ4v) is 4.99. The molecule has 0 bridgehead atoms. The molecule has 1 saturated heterocycles. The molecule has 1 atom stereocenters. The number of carbonyl (C=O) groups excluding carboxylic acids is 3. The molecule has 3 rings (SSSR count). The van der Waals surface area contributed by atoms with Crippen LogP contribution in [0.1, 0.15) is 23.7 Å². The van der Waals surface area contributed by atoms with Crippen LogP contribution in [-0.2, 0) is 19.4 Å². The molecule has 2 aromatic carbocycles. The van der Waals surface area contributed by atoms with E-state index in [4.69, 9.17) is 11.6 Å². The Morgan fingerprint density at radius 2 is 1.52 bits per heavy atom. The zero-order valence-electron chi connectivity index (χ0n) is 17.8. The number of amides is 3. The second-order valence-electron chi connectivity index (χ2n) is 7.42. The zero-order chi connectivity index (χ0) is 24.2. The van der Waals surface area contributed by atoms with Gasteiger partial charge in [-0.15, -0.1) is 0 Å². The first kappa shape index (κ1) is 24.7. The predicted octanol–water partition coefficient (Wildman–Crippen LogP) is 2.09. The van der Waals surface area contributed by atoms with E-state index in [1.165, 1.54) is 41.3 Å². The van der Waals surface area contributed by atoms with Crippen molar-refractivity contribution in [1.29, 1.82) is 0 Å². The molecule has 1 fully saturated rings. The summed E-state index contributed by atoms with van der Waals surface area (Å²) in [5.41, 5.74) is -0.00105. The fraction of sp³-hybridized carbons (Fsp3) is 0.318. The minimum atomic E-state index is -4.35. The smallest absolute Gasteiger partial charge is 0.261 e. The number of nitrogens with zero attached hydrogens (tertiary/aromatic N) is 2. The number of rotatable bonds is 6. The van der Waals surface area contributed by atoms with Gasteiger partial charge in [0.2, 0.25) is 21.1 Å². The van der Waals surface area contributed by atoms with Crippen molar-refractivity contribution >= 4 is 39.2 Å². The second kappa shape index (κ2) is 10.3. The number of carbonyl (C=O) groups is 3. The minimum Gasteiger partial charge on any atom is -0.339 e. The number of hydrogen-bond acceptors (Lipinski definition) is 5. The summed E-state index contributed by atoms with van der Waals surface area (Å²) in [6.07, 6.45) is 0.329. The highest BCUT2D eigenvalue weighted by Gasteiger charge is 2.39. The standard InChI is InChI=1S/C22H23ClFN3O5S/c1-2-19(28)26-11-13-27(14-12-26)22(30)21(25-20(29)15-3-7-17(24)8-4-15)33(31,32)18-9-5-16(23)6-10-18/h3-10,21H,2,11-14H2,1H3,(H,25,29). The predicted molar refractivity (Wildman–Crippen MR) is 120 cm³/mol. The lowest BCUT2D eigenvalue weighted by molar-refractivity contribution is -0.139. The molecule has 8 nitrogen and oxygen atoms in total. The van der Waals surface area contributed by atoms with E-state index in [2.05, 4.69) is 5.32 Å². The van der Waals surface area contributed by atoms with E-state index >= 15 is 0 Å². The first-order chi connectivity index (χ1) is 15.6. The molecule has 1 aliphatic heterocycles. The molecule has 0 saturated carbocycles. The van der Waals surface area contributed by atoms with Gasteiger partial charge in [0, 0.05) is 43.2 Å². The third-order valence-electron chi connectivity index (χ3n) is 5.29. The fourth-order valence-electron chi connectivity index (χ4n) is 3.40. The molecule has 1 heterocycles. The second-order valence-corrected chi connectivity index (χ2v) is 9.89. The Hall–Kier alpha value is -2.98. The zero-order valence-corrected chi connectivity index (χ0v) is 19.4. The molecule has 1 N–H and O–H groups in total. The topological polar surface area (TPSA) is 104 Å². The number of benzene rings is 2. The van der Waals surface area contributed by atoms with Crippen molar-refractivity contribution < 1.29 is 27.2 Å². The Bertz CT molecular complexity index is 1130. The largest absolute Gasteiger partial charge is 0.339 e. The van der Waals surface area contributed by atoms with Gasteiger partial charge in [0.15, 0.2) is 0 Å². The van der Waals surface area contributed by atoms with Crippen LogP contribution >= 0.6 is 11.6 Å².